The lowest BCUT2D eigenvalue weighted by molar-refractivity contribution is 0.0310. The molecule has 15 heavy (non-hydrogen) atoms. The minimum absolute atomic E-state index is 0.581. The van der Waals surface area contributed by atoms with Crippen LogP contribution in [0, 0.1) is 11.3 Å². The van der Waals surface area contributed by atoms with E-state index in [1.54, 1.807) is 6.92 Å². The summed E-state index contributed by atoms with van der Waals surface area (Å²) in [6.07, 6.45) is 0. The first-order valence-electron chi connectivity index (χ1n) is 4.69. The van der Waals surface area contributed by atoms with Crippen molar-refractivity contribution in [1.82, 2.24) is 0 Å². The van der Waals surface area contributed by atoms with Crippen molar-refractivity contribution < 1.29 is 5.11 Å². The Kier molecular flexibility index (Phi) is 2.45. The summed E-state index contributed by atoms with van der Waals surface area (Å²) < 4.78 is 0.800. The first-order chi connectivity index (χ1) is 7.03. The molecule has 1 saturated heterocycles. The van der Waals surface area contributed by atoms with Gasteiger partial charge in [0, 0.05) is 17.6 Å². The third-order valence-corrected chi connectivity index (χ3v) is 3.17. The summed E-state index contributed by atoms with van der Waals surface area (Å²) in [7, 11) is 0. The zero-order chi connectivity index (χ0) is 11.1. The third-order valence-electron chi connectivity index (χ3n) is 2.51. The van der Waals surface area contributed by atoms with Crippen molar-refractivity contribution in [2.45, 2.75) is 12.5 Å². The van der Waals surface area contributed by atoms with Gasteiger partial charge < -0.3 is 10.0 Å². The van der Waals surface area contributed by atoms with E-state index in [4.69, 9.17) is 5.26 Å². The second-order valence-corrected chi connectivity index (χ2v) is 4.95. The van der Waals surface area contributed by atoms with Crippen molar-refractivity contribution in [1.29, 1.82) is 5.26 Å². The molecule has 2 rings (SSSR count). The van der Waals surface area contributed by atoms with Gasteiger partial charge in [0.05, 0.1) is 16.9 Å². The minimum atomic E-state index is -0.616. The molecule has 1 N–H and O–H groups in total. The lowest BCUT2D eigenvalue weighted by Crippen LogP contribution is -2.60. The van der Waals surface area contributed by atoms with Crippen molar-refractivity contribution in [2.24, 2.45) is 0 Å². The van der Waals surface area contributed by atoms with E-state index in [2.05, 4.69) is 22.0 Å². The zero-order valence-corrected chi connectivity index (χ0v) is 9.95. The van der Waals surface area contributed by atoms with Crippen molar-refractivity contribution >= 4 is 21.6 Å². The smallest absolute Gasteiger partial charge is 0.103 e. The molecule has 0 spiro atoms. The predicted molar refractivity (Wildman–Crippen MR) is 61.7 cm³/mol. The molecule has 0 aromatic heterocycles. The number of rotatable bonds is 1. The Morgan fingerprint density at radius 3 is 2.73 bits per heavy atom. The van der Waals surface area contributed by atoms with Crippen LogP contribution >= 0.6 is 15.9 Å². The van der Waals surface area contributed by atoms with Crippen LogP contribution in [0.2, 0.25) is 0 Å². The molecule has 0 bridgehead atoms. The van der Waals surface area contributed by atoms with E-state index in [1.165, 1.54) is 0 Å². The molecule has 0 atom stereocenters. The summed E-state index contributed by atoms with van der Waals surface area (Å²) in [6.45, 7) is 2.96. The lowest BCUT2D eigenvalue weighted by atomic mass is 9.95. The van der Waals surface area contributed by atoms with Gasteiger partial charge in [-0.05, 0) is 35.0 Å². The topological polar surface area (TPSA) is 47.3 Å². The number of nitrogens with zero attached hydrogens (tertiary/aromatic N) is 2. The number of nitriles is 1. The Bertz CT molecular complexity index is 429. The highest BCUT2D eigenvalue weighted by Gasteiger charge is 2.37. The molecule has 0 aliphatic carbocycles. The molecule has 0 saturated carbocycles. The van der Waals surface area contributed by atoms with Crippen LogP contribution in [0.5, 0.6) is 0 Å². The minimum Gasteiger partial charge on any atom is -0.386 e. The van der Waals surface area contributed by atoms with Gasteiger partial charge in [-0.15, -0.1) is 0 Å². The number of benzene rings is 1. The summed E-state index contributed by atoms with van der Waals surface area (Å²) in [6, 6.07) is 7.81. The molecular weight excluding hydrogens is 256 g/mol. The maximum absolute atomic E-state index is 9.64. The van der Waals surface area contributed by atoms with Crippen molar-refractivity contribution in [3.63, 3.8) is 0 Å². The van der Waals surface area contributed by atoms with Crippen LogP contribution in [0.15, 0.2) is 22.7 Å². The van der Waals surface area contributed by atoms with Gasteiger partial charge in [-0.2, -0.15) is 5.26 Å². The van der Waals surface area contributed by atoms with Gasteiger partial charge in [0.15, 0.2) is 0 Å². The predicted octanol–water partition coefficient (Wildman–Crippen LogP) is 1.89. The SMILES string of the molecule is CC1(O)CN(c2cccc(Br)c2C#N)C1. The normalized spacial score (nSPS) is 18.1. The van der Waals surface area contributed by atoms with E-state index in [9.17, 15) is 5.11 Å². The molecule has 3 nitrogen and oxygen atoms in total. The molecular formula is C11H11BrN2O. The summed E-state index contributed by atoms with van der Waals surface area (Å²) in [5, 5.41) is 18.7. The van der Waals surface area contributed by atoms with Gasteiger partial charge in [-0.1, -0.05) is 6.07 Å². The summed E-state index contributed by atoms with van der Waals surface area (Å²) in [5.74, 6) is 0. The highest BCUT2D eigenvalue weighted by atomic mass is 79.9. The highest BCUT2D eigenvalue weighted by molar-refractivity contribution is 9.10. The number of hydrogen-bond acceptors (Lipinski definition) is 3. The Morgan fingerprint density at radius 1 is 1.53 bits per heavy atom. The zero-order valence-electron chi connectivity index (χ0n) is 8.37. The first-order valence-corrected chi connectivity index (χ1v) is 5.49. The largest absolute Gasteiger partial charge is 0.386 e. The van der Waals surface area contributed by atoms with E-state index < -0.39 is 5.60 Å². The van der Waals surface area contributed by atoms with E-state index in [0.29, 0.717) is 18.7 Å². The summed E-state index contributed by atoms with van der Waals surface area (Å²) in [4.78, 5) is 2.00. The Labute approximate surface area is 97.1 Å². The number of anilines is 1. The molecule has 1 fully saturated rings. The van der Waals surface area contributed by atoms with E-state index in [-0.39, 0.29) is 0 Å². The third kappa shape index (κ3) is 1.85. The lowest BCUT2D eigenvalue weighted by Gasteiger charge is -2.46. The van der Waals surface area contributed by atoms with Crippen molar-refractivity contribution in [3.8, 4) is 6.07 Å². The van der Waals surface area contributed by atoms with E-state index in [1.807, 2.05) is 23.1 Å². The number of hydrogen-bond donors (Lipinski definition) is 1. The average molecular weight is 267 g/mol. The van der Waals surface area contributed by atoms with E-state index in [0.717, 1.165) is 10.2 Å². The van der Waals surface area contributed by atoms with Crippen molar-refractivity contribution in [3.05, 3.63) is 28.2 Å². The molecule has 1 aromatic carbocycles. The standard InChI is InChI=1S/C11H11BrN2O/c1-11(15)6-14(7-11)10-4-2-3-9(12)8(10)5-13/h2-4,15H,6-7H2,1H3. The van der Waals surface area contributed by atoms with Gasteiger partial charge in [-0.3, -0.25) is 0 Å². The molecule has 1 aromatic rings. The number of halogens is 1. The number of β-amino-alcohol motifs (C(OH)–C–C–N with tert-alkyl or cyclic N) is 1. The molecule has 78 valence electrons. The van der Waals surface area contributed by atoms with Crippen LogP contribution in [-0.4, -0.2) is 23.8 Å². The average Bonchev–Trinajstić information content (AvgIpc) is 2.13. The van der Waals surface area contributed by atoms with Gasteiger partial charge in [0.2, 0.25) is 0 Å². The van der Waals surface area contributed by atoms with Crippen LogP contribution < -0.4 is 4.90 Å². The molecule has 1 aliphatic heterocycles. The monoisotopic (exact) mass is 266 g/mol. The maximum atomic E-state index is 9.64. The second kappa shape index (κ2) is 3.51. The van der Waals surface area contributed by atoms with Crippen LogP contribution in [-0.2, 0) is 0 Å². The van der Waals surface area contributed by atoms with Gasteiger partial charge in [0.1, 0.15) is 6.07 Å². The van der Waals surface area contributed by atoms with Crippen LogP contribution in [0.4, 0.5) is 5.69 Å². The number of aliphatic hydroxyl groups is 1. The van der Waals surface area contributed by atoms with E-state index >= 15 is 0 Å². The molecule has 1 heterocycles. The molecule has 0 radical (unpaired) electrons. The van der Waals surface area contributed by atoms with Crippen molar-refractivity contribution in [2.75, 3.05) is 18.0 Å². The molecule has 4 heteroatoms. The summed E-state index contributed by atoms with van der Waals surface area (Å²) >= 11 is 3.35. The Hall–Kier alpha value is -1.05. The highest BCUT2D eigenvalue weighted by Crippen LogP contribution is 2.33. The quantitative estimate of drug-likeness (QED) is 0.845. The molecule has 0 unspecified atom stereocenters. The molecule has 0 amide bonds. The Balaban J connectivity index is 2.31. The fourth-order valence-electron chi connectivity index (χ4n) is 1.83. The van der Waals surface area contributed by atoms with Crippen LogP contribution in [0.3, 0.4) is 0 Å². The Morgan fingerprint density at radius 2 is 2.20 bits per heavy atom. The van der Waals surface area contributed by atoms with Crippen LogP contribution in [0.1, 0.15) is 12.5 Å². The fourth-order valence-corrected chi connectivity index (χ4v) is 2.28. The second-order valence-electron chi connectivity index (χ2n) is 4.10. The van der Waals surface area contributed by atoms with Gasteiger partial charge in [-0.25, -0.2) is 0 Å². The van der Waals surface area contributed by atoms with Gasteiger partial charge in [0.25, 0.3) is 0 Å². The fraction of sp³-hybridized carbons (Fsp3) is 0.364. The van der Waals surface area contributed by atoms with Gasteiger partial charge >= 0.3 is 0 Å². The first kappa shape index (κ1) is 10.5. The van der Waals surface area contributed by atoms with Crippen LogP contribution in [0.25, 0.3) is 0 Å². The molecule has 1 aliphatic rings. The maximum Gasteiger partial charge on any atom is 0.103 e. The summed E-state index contributed by atoms with van der Waals surface area (Å²) in [5.41, 5.74) is 0.904.